The van der Waals surface area contributed by atoms with Gasteiger partial charge in [0.2, 0.25) is 0 Å². The average molecular weight is 481 g/mol. The molecule has 0 spiro atoms. The van der Waals surface area contributed by atoms with E-state index in [-0.39, 0.29) is 0 Å². The molecule has 2 aromatic rings. The number of allylic oxidation sites excluding steroid dienone is 2. The van der Waals surface area contributed by atoms with Gasteiger partial charge in [0.15, 0.2) is 0 Å². The van der Waals surface area contributed by atoms with Gasteiger partial charge in [-0.2, -0.15) is 28.8 Å². The number of nitrogens with zero attached hydrogens (tertiary/aromatic N) is 2. The van der Waals surface area contributed by atoms with E-state index in [1.54, 1.807) is 11.8 Å². The van der Waals surface area contributed by atoms with E-state index in [9.17, 15) is 5.26 Å². The number of hydrogen-bond acceptors (Lipinski definition) is 5. The van der Waals surface area contributed by atoms with E-state index in [4.69, 9.17) is 0 Å². The molecule has 0 aromatic heterocycles. The van der Waals surface area contributed by atoms with E-state index >= 15 is 0 Å². The molecule has 0 N–H and O–H groups in total. The second-order valence-electron chi connectivity index (χ2n) is 7.46. The van der Waals surface area contributed by atoms with Crippen molar-refractivity contribution in [3.05, 3.63) is 76.2 Å². The summed E-state index contributed by atoms with van der Waals surface area (Å²) in [6, 6.07) is 19.7. The van der Waals surface area contributed by atoms with Crippen molar-refractivity contribution in [1.82, 2.24) is 0 Å². The molecule has 0 saturated carbocycles. The van der Waals surface area contributed by atoms with E-state index in [1.807, 2.05) is 29.6 Å². The first-order valence-corrected chi connectivity index (χ1v) is 14.5. The maximum Gasteiger partial charge on any atom is 0.100 e. The molecule has 0 unspecified atom stereocenters. The summed E-state index contributed by atoms with van der Waals surface area (Å²) in [5.74, 6) is 4.63. The van der Waals surface area contributed by atoms with Gasteiger partial charge in [0, 0.05) is 40.1 Å². The van der Waals surface area contributed by atoms with E-state index in [0.29, 0.717) is 0 Å². The molecule has 0 aliphatic carbocycles. The molecule has 2 nitrogen and oxygen atoms in total. The minimum atomic E-state index is 0.745. The van der Waals surface area contributed by atoms with E-state index in [2.05, 4.69) is 79.4 Å². The van der Waals surface area contributed by atoms with E-state index < -0.39 is 0 Å². The van der Waals surface area contributed by atoms with Crippen LogP contribution in [0.4, 0.5) is 5.69 Å². The van der Waals surface area contributed by atoms with Gasteiger partial charge in [0.1, 0.15) is 6.07 Å². The molecule has 1 heterocycles. The van der Waals surface area contributed by atoms with Crippen LogP contribution in [0.2, 0.25) is 0 Å². The van der Waals surface area contributed by atoms with Gasteiger partial charge in [0.25, 0.3) is 0 Å². The maximum absolute atomic E-state index is 9.88. The standard InChI is InChI=1S/C27H32N2S3/c1-3-30-18-16-29(17-19-31-4-2)25-14-12-22(13-15-25)20-24(21-28)27-11-7-9-23-8-5-6-10-26(23)32-27/h5-6,8,10-15,20H,3-4,7,9,16-19H2,1-2H3/b24-20+. The Labute approximate surface area is 206 Å². The van der Waals surface area contributed by atoms with Gasteiger partial charge in [-0.15, -0.1) is 0 Å². The minimum Gasteiger partial charge on any atom is -0.370 e. The van der Waals surface area contributed by atoms with Crippen LogP contribution in [0.1, 0.15) is 31.4 Å². The normalized spacial score (nSPS) is 13.7. The third kappa shape index (κ3) is 7.40. The van der Waals surface area contributed by atoms with Crippen LogP contribution in [0.25, 0.3) is 6.08 Å². The SMILES string of the molecule is CCSCCN(CCSCC)c1ccc(/C=C(\C#N)C2=CCCc3ccccc3S2)cc1. The van der Waals surface area contributed by atoms with Gasteiger partial charge in [-0.25, -0.2) is 0 Å². The van der Waals surface area contributed by atoms with Crippen LogP contribution in [0.3, 0.4) is 0 Å². The molecule has 0 saturated heterocycles. The number of anilines is 1. The lowest BCUT2D eigenvalue weighted by atomic mass is 10.1. The smallest absolute Gasteiger partial charge is 0.100 e. The second-order valence-corrected chi connectivity index (χ2v) is 11.3. The van der Waals surface area contributed by atoms with Crippen LogP contribution >= 0.6 is 35.3 Å². The third-order valence-electron chi connectivity index (χ3n) is 5.31. The van der Waals surface area contributed by atoms with Crippen LogP contribution in [0, 0.1) is 11.3 Å². The third-order valence-corrected chi connectivity index (χ3v) is 8.29. The molecule has 1 aliphatic heterocycles. The van der Waals surface area contributed by atoms with Crippen molar-refractivity contribution in [2.45, 2.75) is 31.6 Å². The van der Waals surface area contributed by atoms with Crippen molar-refractivity contribution in [2.24, 2.45) is 0 Å². The van der Waals surface area contributed by atoms with Crippen molar-refractivity contribution >= 4 is 47.0 Å². The van der Waals surface area contributed by atoms with Crippen molar-refractivity contribution in [3.8, 4) is 6.07 Å². The molecule has 0 radical (unpaired) electrons. The molecule has 1 aliphatic rings. The summed E-state index contributed by atoms with van der Waals surface area (Å²) in [5, 5.41) is 9.88. The molecule has 168 valence electrons. The van der Waals surface area contributed by atoms with Crippen molar-refractivity contribution in [1.29, 1.82) is 5.26 Å². The molecule has 2 aromatic carbocycles. The van der Waals surface area contributed by atoms with Crippen molar-refractivity contribution in [2.75, 3.05) is 41.0 Å². The lowest BCUT2D eigenvalue weighted by molar-refractivity contribution is 0.879. The van der Waals surface area contributed by atoms with Crippen LogP contribution in [-0.4, -0.2) is 36.1 Å². The van der Waals surface area contributed by atoms with Crippen LogP contribution in [0.5, 0.6) is 0 Å². The van der Waals surface area contributed by atoms with Gasteiger partial charge in [-0.1, -0.05) is 62.0 Å². The average Bonchev–Trinajstić information content (AvgIpc) is 3.05. The lowest BCUT2D eigenvalue weighted by Gasteiger charge is -2.24. The van der Waals surface area contributed by atoms with Gasteiger partial charge in [-0.05, 0) is 59.7 Å². The zero-order chi connectivity index (χ0) is 22.6. The Kier molecular flexibility index (Phi) is 10.7. The summed E-state index contributed by atoms with van der Waals surface area (Å²) < 4.78 is 0. The predicted octanol–water partition coefficient (Wildman–Crippen LogP) is 7.53. The number of nitriles is 1. The highest BCUT2D eigenvalue weighted by Gasteiger charge is 2.14. The Morgan fingerprint density at radius 1 is 1.03 bits per heavy atom. The zero-order valence-electron chi connectivity index (χ0n) is 19.0. The lowest BCUT2D eigenvalue weighted by Crippen LogP contribution is -2.28. The predicted molar refractivity (Wildman–Crippen MR) is 147 cm³/mol. The summed E-state index contributed by atoms with van der Waals surface area (Å²) in [5.41, 5.74) is 4.46. The number of benzene rings is 2. The number of aryl methyl sites for hydroxylation is 1. The fourth-order valence-corrected chi connectivity index (χ4v) is 5.99. The van der Waals surface area contributed by atoms with E-state index in [0.717, 1.165) is 65.0 Å². The van der Waals surface area contributed by atoms with Gasteiger partial charge in [-0.3, -0.25) is 0 Å². The molecule has 32 heavy (non-hydrogen) atoms. The minimum absolute atomic E-state index is 0.745. The summed E-state index contributed by atoms with van der Waals surface area (Å²) in [7, 11) is 0. The Bertz CT molecular complexity index is 948. The fraction of sp³-hybridized carbons (Fsp3) is 0.370. The van der Waals surface area contributed by atoms with Crippen molar-refractivity contribution in [3.63, 3.8) is 0 Å². The molecule has 0 fully saturated rings. The Hall–Kier alpha value is -1.74. The molecule has 0 amide bonds. The van der Waals surface area contributed by atoms with Gasteiger partial charge < -0.3 is 4.90 Å². The van der Waals surface area contributed by atoms with Crippen LogP contribution in [0.15, 0.2) is 70.0 Å². The summed E-state index contributed by atoms with van der Waals surface area (Å²) in [6.07, 6.45) is 6.24. The highest BCUT2D eigenvalue weighted by atomic mass is 32.2. The molecule has 3 rings (SSSR count). The number of rotatable bonds is 11. The highest BCUT2D eigenvalue weighted by molar-refractivity contribution is 8.03. The summed E-state index contributed by atoms with van der Waals surface area (Å²) in [4.78, 5) is 4.82. The second kappa shape index (κ2) is 13.7. The Balaban J connectivity index is 1.74. The van der Waals surface area contributed by atoms with Crippen molar-refractivity contribution < 1.29 is 0 Å². The first-order chi connectivity index (χ1) is 15.7. The maximum atomic E-state index is 9.88. The number of fused-ring (bicyclic) bond motifs is 1. The quantitative estimate of drug-likeness (QED) is 0.245. The summed E-state index contributed by atoms with van der Waals surface area (Å²) in [6.45, 7) is 6.58. The molecule has 0 atom stereocenters. The molecule has 5 heteroatoms. The topological polar surface area (TPSA) is 27.0 Å². The molecular weight excluding hydrogens is 449 g/mol. The number of hydrogen-bond donors (Lipinski definition) is 0. The summed E-state index contributed by atoms with van der Waals surface area (Å²) >= 11 is 5.71. The monoisotopic (exact) mass is 480 g/mol. The number of thioether (sulfide) groups is 3. The highest BCUT2D eigenvalue weighted by Crippen LogP contribution is 2.37. The largest absolute Gasteiger partial charge is 0.370 e. The van der Waals surface area contributed by atoms with E-state index in [1.165, 1.54) is 16.1 Å². The fourth-order valence-electron chi connectivity index (χ4n) is 3.61. The molecule has 0 bridgehead atoms. The Morgan fingerprint density at radius 3 is 2.38 bits per heavy atom. The zero-order valence-corrected chi connectivity index (χ0v) is 21.5. The molecular formula is C27H32N2S3. The Morgan fingerprint density at radius 2 is 1.72 bits per heavy atom. The first kappa shape index (κ1) is 24.9. The van der Waals surface area contributed by atoms with Gasteiger partial charge >= 0.3 is 0 Å². The van der Waals surface area contributed by atoms with Gasteiger partial charge in [0.05, 0.1) is 5.57 Å². The van der Waals surface area contributed by atoms with Crippen LogP contribution in [-0.2, 0) is 6.42 Å². The van der Waals surface area contributed by atoms with Crippen LogP contribution < -0.4 is 4.90 Å². The first-order valence-electron chi connectivity index (χ1n) is 11.3.